The van der Waals surface area contributed by atoms with Gasteiger partial charge in [0.05, 0.1) is 23.5 Å². The van der Waals surface area contributed by atoms with Crippen molar-refractivity contribution in [2.45, 2.75) is 26.2 Å². The van der Waals surface area contributed by atoms with Crippen molar-refractivity contribution in [1.29, 1.82) is 0 Å². The summed E-state index contributed by atoms with van der Waals surface area (Å²) in [4.78, 5) is 12.0. The van der Waals surface area contributed by atoms with E-state index in [1.54, 1.807) is 18.2 Å². The predicted octanol–water partition coefficient (Wildman–Crippen LogP) is 4.41. The fourth-order valence-corrected chi connectivity index (χ4v) is 4.16. The summed E-state index contributed by atoms with van der Waals surface area (Å²) in [5.74, 6) is 0.612. The van der Waals surface area contributed by atoms with E-state index in [1.165, 1.54) is 9.87 Å². The molecule has 0 heterocycles. The first-order valence-corrected chi connectivity index (χ1v) is 12.6. The van der Waals surface area contributed by atoms with Crippen molar-refractivity contribution in [3.05, 3.63) is 57.5 Å². The molecule has 0 aromatic heterocycles. The van der Waals surface area contributed by atoms with Crippen LogP contribution in [0.2, 0.25) is 5.02 Å². The monoisotopic (exact) mass is 516 g/mol. The minimum atomic E-state index is -3.49. The number of hydrogen-bond donors (Lipinski definition) is 1. The minimum absolute atomic E-state index is 0.151. The molecule has 0 aliphatic carbocycles. The molecule has 30 heavy (non-hydrogen) atoms. The first-order valence-electron chi connectivity index (χ1n) is 9.62. The third kappa shape index (κ3) is 7.81. The standard InChI is InChI=1S/C21H26BrClN2O4S/c1-3-16-6-9-18(10-7-16)29-14-12-24-21(26)5-4-13-25(30(2,27)28)17-8-11-19(22)20(23)15-17/h6-11,15H,3-5,12-14H2,1-2H3,(H,24,26). The van der Waals surface area contributed by atoms with Crippen molar-refractivity contribution in [3.63, 3.8) is 0 Å². The topological polar surface area (TPSA) is 75.7 Å². The third-order valence-electron chi connectivity index (χ3n) is 4.38. The Morgan fingerprint density at radius 2 is 1.90 bits per heavy atom. The summed E-state index contributed by atoms with van der Waals surface area (Å²) in [6.07, 6.45) is 2.70. The van der Waals surface area contributed by atoms with E-state index in [-0.39, 0.29) is 18.9 Å². The SMILES string of the molecule is CCc1ccc(OCCNC(=O)CCCN(c2ccc(Br)c(Cl)c2)S(C)(=O)=O)cc1. The zero-order valence-corrected chi connectivity index (χ0v) is 20.2. The number of carbonyl (C=O) groups excluding carboxylic acids is 1. The average Bonchev–Trinajstić information content (AvgIpc) is 2.70. The van der Waals surface area contributed by atoms with E-state index >= 15 is 0 Å². The van der Waals surface area contributed by atoms with Crippen LogP contribution in [0.5, 0.6) is 5.75 Å². The summed E-state index contributed by atoms with van der Waals surface area (Å²) in [5, 5.41) is 3.20. The lowest BCUT2D eigenvalue weighted by atomic mass is 10.2. The van der Waals surface area contributed by atoms with Crippen LogP contribution in [0.1, 0.15) is 25.3 Å². The number of anilines is 1. The molecule has 164 valence electrons. The Bertz CT molecular complexity index is 952. The van der Waals surface area contributed by atoms with Crippen molar-refractivity contribution in [1.82, 2.24) is 5.32 Å². The van der Waals surface area contributed by atoms with E-state index in [0.29, 0.717) is 34.8 Å². The number of aryl methyl sites for hydroxylation is 1. The maximum absolute atomic E-state index is 12.1. The highest BCUT2D eigenvalue weighted by Crippen LogP contribution is 2.28. The van der Waals surface area contributed by atoms with Crippen LogP contribution in [0.25, 0.3) is 0 Å². The first-order chi connectivity index (χ1) is 14.2. The number of sulfonamides is 1. The van der Waals surface area contributed by atoms with Crippen LogP contribution in [0.4, 0.5) is 5.69 Å². The lowest BCUT2D eigenvalue weighted by Crippen LogP contribution is -2.32. The summed E-state index contributed by atoms with van der Waals surface area (Å²) in [6, 6.07) is 12.8. The van der Waals surface area contributed by atoms with Crippen LogP contribution in [0, 0.1) is 0 Å². The molecular formula is C21H26BrClN2O4S. The smallest absolute Gasteiger partial charge is 0.232 e. The van der Waals surface area contributed by atoms with E-state index in [1.807, 2.05) is 24.3 Å². The van der Waals surface area contributed by atoms with Crippen LogP contribution in [0.3, 0.4) is 0 Å². The zero-order chi connectivity index (χ0) is 22.1. The van der Waals surface area contributed by atoms with Gasteiger partial charge in [0.1, 0.15) is 12.4 Å². The Labute approximate surface area is 191 Å². The molecule has 0 bridgehead atoms. The van der Waals surface area contributed by atoms with Gasteiger partial charge in [-0.1, -0.05) is 30.7 Å². The Morgan fingerprint density at radius 3 is 2.50 bits per heavy atom. The molecule has 2 aromatic rings. The Hall–Kier alpha value is -1.77. The van der Waals surface area contributed by atoms with Gasteiger partial charge in [0.25, 0.3) is 0 Å². The van der Waals surface area contributed by atoms with Gasteiger partial charge in [-0.2, -0.15) is 0 Å². The molecule has 1 amide bonds. The summed E-state index contributed by atoms with van der Waals surface area (Å²) in [7, 11) is -3.49. The lowest BCUT2D eigenvalue weighted by molar-refractivity contribution is -0.121. The Balaban J connectivity index is 1.76. The van der Waals surface area contributed by atoms with Crippen molar-refractivity contribution in [2.75, 3.05) is 30.3 Å². The molecule has 0 aliphatic heterocycles. The second kappa shape index (κ2) is 11.6. The number of nitrogens with one attached hydrogen (secondary N) is 1. The highest BCUT2D eigenvalue weighted by atomic mass is 79.9. The van der Waals surface area contributed by atoms with E-state index in [9.17, 15) is 13.2 Å². The summed E-state index contributed by atoms with van der Waals surface area (Å²) in [5.41, 5.74) is 1.71. The van der Waals surface area contributed by atoms with Gasteiger partial charge in [-0.3, -0.25) is 9.10 Å². The number of carbonyl (C=O) groups is 1. The number of ether oxygens (including phenoxy) is 1. The van der Waals surface area contributed by atoms with E-state index in [2.05, 4.69) is 28.2 Å². The zero-order valence-electron chi connectivity index (χ0n) is 17.0. The van der Waals surface area contributed by atoms with Crippen LogP contribution in [0.15, 0.2) is 46.9 Å². The fraction of sp³-hybridized carbons (Fsp3) is 0.381. The Kier molecular flexibility index (Phi) is 9.45. The van der Waals surface area contributed by atoms with E-state index in [4.69, 9.17) is 16.3 Å². The number of nitrogens with zero attached hydrogens (tertiary/aromatic N) is 1. The maximum atomic E-state index is 12.1. The van der Waals surface area contributed by atoms with Gasteiger partial charge in [0.15, 0.2) is 0 Å². The second-order valence-electron chi connectivity index (χ2n) is 6.73. The molecule has 0 radical (unpaired) electrons. The highest BCUT2D eigenvalue weighted by Gasteiger charge is 2.18. The number of halogens is 2. The molecule has 2 aromatic carbocycles. The quantitative estimate of drug-likeness (QED) is 0.448. The van der Waals surface area contributed by atoms with Crippen molar-refractivity contribution < 1.29 is 17.9 Å². The first kappa shape index (κ1) is 24.5. The lowest BCUT2D eigenvalue weighted by Gasteiger charge is -2.22. The summed E-state index contributed by atoms with van der Waals surface area (Å²) in [6.45, 7) is 3.02. The maximum Gasteiger partial charge on any atom is 0.232 e. The number of hydrogen-bond acceptors (Lipinski definition) is 4. The van der Waals surface area contributed by atoms with Crippen LogP contribution >= 0.6 is 27.5 Å². The molecule has 2 rings (SSSR count). The Morgan fingerprint density at radius 1 is 1.20 bits per heavy atom. The normalized spacial score (nSPS) is 11.2. The van der Waals surface area contributed by atoms with Crippen LogP contribution in [-0.2, 0) is 21.2 Å². The third-order valence-corrected chi connectivity index (χ3v) is 6.81. The van der Waals surface area contributed by atoms with Gasteiger partial charge in [0, 0.05) is 17.4 Å². The van der Waals surface area contributed by atoms with Gasteiger partial charge < -0.3 is 10.1 Å². The molecular weight excluding hydrogens is 492 g/mol. The molecule has 0 unspecified atom stereocenters. The van der Waals surface area contributed by atoms with Gasteiger partial charge in [-0.25, -0.2) is 8.42 Å². The average molecular weight is 518 g/mol. The molecule has 0 saturated heterocycles. The predicted molar refractivity (Wildman–Crippen MR) is 125 cm³/mol. The summed E-state index contributed by atoms with van der Waals surface area (Å²) < 4.78 is 31.8. The molecule has 6 nitrogen and oxygen atoms in total. The second-order valence-corrected chi connectivity index (χ2v) is 9.90. The number of benzene rings is 2. The van der Waals surface area contributed by atoms with E-state index in [0.717, 1.165) is 18.4 Å². The highest BCUT2D eigenvalue weighted by molar-refractivity contribution is 9.10. The largest absolute Gasteiger partial charge is 0.492 e. The van der Waals surface area contributed by atoms with Crippen molar-refractivity contribution >= 4 is 49.1 Å². The molecule has 0 saturated carbocycles. The minimum Gasteiger partial charge on any atom is -0.492 e. The number of rotatable bonds is 11. The molecule has 0 spiro atoms. The van der Waals surface area contributed by atoms with Crippen LogP contribution in [-0.4, -0.2) is 40.3 Å². The van der Waals surface area contributed by atoms with Crippen LogP contribution < -0.4 is 14.4 Å². The molecule has 1 N–H and O–H groups in total. The molecule has 9 heteroatoms. The number of amides is 1. The van der Waals surface area contributed by atoms with Crippen molar-refractivity contribution in [3.8, 4) is 5.75 Å². The molecule has 0 fully saturated rings. The molecule has 0 aliphatic rings. The fourth-order valence-electron chi connectivity index (χ4n) is 2.78. The van der Waals surface area contributed by atoms with Gasteiger partial charge in [-0.15, -0.1) is 0 Å². The van der Waals surface area contributed by atoms with Gasteiger partial charge in [0.2, 0.25) is 15.9 Å². The van der Waals surface area contributed by atoms with Gasteiger partial charge in [-0.05, 0) is 64.7 Å². The molecule has 0 atom stereocenters. The van der Waals surface area contributed by atoms with Crippen molar-refractivity contribution in [2.24, 2.45) is 0 Å². The van der Waals surface area contributed by atoms with E-state index < -0.39 is 10.0 Å². The summed E-state index contributed by atoms with van der Waals surface area (Å²) >= 11 is 9.37. The van der Waals surface area contributed by atoms with Gasteiger partial charge >= 0.3 is 0 Å².